The maximum absolute atomic E-state index is 12.6. The predicted molar refractivity (Wildman–Crippen MR) is 138 cm³/mol. The van der Waals surface area contributed by atoms with Crippen LogP contribution in [0.5, 0.6) is 0 Å². The Morgan fingerprint density at radius 1 is 1.08 bits per heavy atom. The van der Waals surface area contributed by atoms with Crippen LogP contribution in [0.2, 0.25) is 0 Å². The second-order valence-electron chi connectivity index (χ2n) is 7.94. The number of hydrazine groups is 1. The number of nitrogens with zero attached hydrogens (tertiary/aromatic N) is 4. The standard InChI is InChI=1S/C26H28N6O4/c27-32(24-5-1-2-13-28-24)16-19-36-26(34)30-22-9-7-20(8-10-22)23(33)12-11-21-4-3-6-25(29-21)31-14-17-35-18-15-31/h1-13H,14-19,27H2,(H,30,34)/b12-11+. The van der Waals surface area contributed by atoms with Gasteiger partial charge in [-0.1, -0.05) is 12.1 Å². The van der Waals surface area contributed by atoms with E-state index in [1.165, 1.54) is 11.1 Å². The quantitative estimate of drug-likeness (QED) is 0.202. The number of benzene rings is 1. The van der Waals surface area contributed by atoms with Crippen molar-refractivity contribution in [2.75, 3.05) is 54.7 Å². The van der Waals surface area contributed by atoms with Gasteiger partial charge < -0.3 is 14.4 Å². The second kappa shape index (κ2) is 12.4. The Balaban J connectivity index is 1.25. The van der Waals surface area contributed by atoms with Gasteiger partial charge in [-0.2, -0.15) is 0 Å². The molecule has 3 heterocycles. The van der Waals surface area contributed by atoms with Crippen LogP contribution in [0.25, 0.3) is 6.08 Å². The molecule has 0 radical (unpaired) electrons. The number of anilines is 3. The van der Waals surface area contributed by atoms with Crippen LogP contribution in [0.3, 0.4) is 0 Å². The molecule has 0 atom stereocenters. The number of nitrogens with one attached hydrogen (secondary N) is 1. The van der Waals surface area contributed by atoms with Gasteiger partial charge in [-0.3, -0.25) is 15.1 Å². The normalized spacial score (nSPS) is 13.4. The number of hydrogen-bond donors (Lipinski definition) is 2. The topological polar surface area (TPSA) is 123 Å². The number of carbonyl (C=O) groups is 2. The van der Waals surface area contributed by atoms with Gasteiger partial charge in [0, 0.05) is 30.5 Å². The number of pyridine rings is 2. The predicted octanol–water partition coefficient (Wildman–Crippen LogP) is 3.14. The van der Waals surface area contributed by atoms with Crippen LogP contribution in [0.15, 0.2) is 72.9 Å². The number of rotatable bonds is 9. The molecule has 1 aliphatic rings. The molecule has 0 saturated carbocycles. The van der Waals surface area contributed by atoms with Crippen molar-refractivity contribution in [1.29, 1.82) is 0 Å². The molecule has 0 bridgehead atoms. The van der Waals surface area contributed by atoms with E-state index in [2.05, 4.69) is 20.2 Å². The van der Waals surface area contributed by atoms with Crippen LogP contribution in [0.1, 0.15) is 16.1 Å². The van der Waals surface area contributed by atoms with Gasteiger partial charge in [-0.25, -0.2) is 20.6 Å². The lowest BCUT2D eigenvalue weighted by atomic mass is 10.1. The maximum Gasteiger partial charge on any atom is 0.411 e. The number of allylic oxidation sites excluding steroid dienone is 1. The molecule has 4 rings (SSSR count). The lowest BCUT2D eigenvalue weighted by Gasteiger charge is -2.27. The van der Waals surface area contributed by atoms with Crippen molar-refractivity contribution in [2.45, 2.75) is 0 Å². The minimum atomic E-state index is -0.616. The molecule has 10 heteroatoms. The van der Waals surface area contributed by atoms with E-state index >= 15 is 0 Å². The molecule has 1 aliphatic heterocycles. The zero-order chi connectivity index (χ0) is 25.2. The number of hydrogen-bond acceptors (Lipinski definition) is 9. The monoisotopic (exact) mass is 488 g/mol. The molecular weight excluding hydrogens is 460 g/mol. The van der Waals surface area contributed by atoms with E-state index in [1.54, 1.807) is 48.7 Å². The summed E-state index contributed by atoms with van der Waals surface area (Å²) >= 11 is 0. The number of carbonyl (C=O) groups excluding carboxylic acids is 2. The summed E-state index contributed by atoms with van der Waals surface area (Å²) in [6.45, 7) is 3.32. The van der Waals surface area contributed by atoms with Crippen LogP contribution in [0, 0.1) is 0 Å². The highest BCUT2D eigenvalue weighted by Gasteiger charge is 2.12. The molecule has 1 saturated heterocycles. The van der Waals surface area contributed by atoms with Crippen LogP contribution in [0.4, 0.5) is 22.1 Å². The lowest BCUT2D eigenvalue weighted by Crippen LogP contribution is -2.36. The molecule has 0 spiro atoms. The van der Waals surface area contributed by atoms with Crippen molar-refractivity contribution in [3.63, 3.8) is 0 Å². The summed E-state index contributed by atoms with van der Waals surface area (Å²) < 4.78 is 10.5. The molecule has 0 unspecified atom stereocenters. The van der Waals surface area contributed by atoms with Crippen molar-refractivity contribution in [2.24, 2.45) is 5.84 Å². The first-order chi connectivity index (χ1) is 17.6. The van der Waals surface area contributed by atoms with E-state index in [0.717, 1.165) is 18.9 Å². The second-order valence-corrected chi connectivity index (χ2v) is 7.94. The van der Waals surface area contributed by atoms with E-state index in [-0.39, 0.29) is 18.9 Å². The highest BCUT2D eigenvalue weighted by Crippen LogP contribution is 2.15. The lowest BCUT2D eigenvalue weighted by molar-refractivity contribution is 0.104. The van der Waals surface area contributed by atoms with E-state index in [9.17, 15) is 9.59 Å². The van der Waals surface area contributed by atoms with E-state index in [0.29, 0.717) is 36.0 Å². The third kappa shape index (κ3) is 7.11. The molecular formula is C26H28N6O4. The van der Waals surface area contributed by atoms with Gasteiger partial charge in [0.1, 0.15) is 18.2 Å². The fourth-order valence-electron chi connectivity index (χ4n) is 3.50. The molecule has 3 aromatic rings. The number of ether oxygens (including phenoxy) is 2. The van der Waals surface area contributed by atoms with Gasteiger partial charge in [0.05, 0.1) is 25.5 Å². The third-order valence-electron chi connectivity index (χ3n) is 5.42. The van der Waals surface area contributed by atoms with Crippen molar-refractivity contribution >= 4 is 35.3 Å². The minimum absolute atomic E-state index is 0.0844. The highest BCUT2D eigenvalue weighted by atomic mass is 16.5. The largest absolute Gasteiger partial charge is 0.447 e. The summed E-state index contributed by atoms with van der Waals surface area (Å²) in [4.78, 5) is 35.5. The first-order valence-corrected chi connectivity index (χ1v) is 11.6. The Bertz CT molecular complexity index is 1180. The molecule has 1 amide bonds. The molecule has 36 heavy (non-hydrogen) atoms. The van der Waals surface area contributed by atoms with Crippen LogP contribution >= 0.6 is 0 Å². The molecule has 10 nitrogen and oxygen atoms in total. The molecule has 0 aliphatic carbocycles. The summed E-state index contributed by atoms with van der Waals surface area (Å²) in [6, 6.07) is 17.7. The number of nitrogens with two attached hydrogens (primary N) is 1. The maximum atomic E-state index is 12.6. The average Bonchev–Trinajstić information content (AvgIpc) is 2.93. The average molecular weight is 489 g/mol. The van der Waals surface area contributed by atoms with Gasteiger partial charge in [0.2, 0.25) is 0 Å². The van der Waals surface area contributed by atoms with Crippen molar-refractivity contribution < 1.29 is 19.1 Å². The van der Waals surface area contributed by atoms with E-state index in [1.807, 2.05) is 24.3 Å². The molecule has 2 aromatic heterocycles. The Morgan fingerprint density at radius 3 is 2.64 bits per heavy atom. The Hall–Kier alpha value is -4.28. The van der Waals surface area contributed by atoms with Crippen LogP contribution in [-0.4, -0.2) is 61.3 Å². The number of amides is 1. The van der Waals surface area contributed by atoms with E-state index < -0.39 is 6.09 Å². The van der Waals surface area contributed by atoms with Gasteiger partial charge >= 0.3 is 6.09 Å². The Labute approximate surface area is 209 Å². The Kier molecular flexibility index (Phi) is 8.57. The molecule has 186 valence electrons. The smallest absolute Gasteiger partial charge is 0.411 e. The number of ketones is 1. The zero-order valence-electron chi connectivity index (χ0n) is 19.7. The fraction of sp³-hybridized carbons (Fsp3) is 0.231. The molecule has 1 aromatic carbocycles. The number of aromatic nitrogens is 2. The van der Waals surface area contributed by atoms with E-state index in [4.69, 9.17) is 15.3 Å². The summed E-state index contributed by atoms with van der Waals surface area (Å²) in [7, 11) is 0. The molecule has 3 N–H and O–H groups in total. The first-order valence-electron chi connectivity index (χ1n) is 11.6. The summed E-state index contributed by atoms with van der Waals surface area (Å²) in [5.74, 6) is 7.17. The Morgan fingerprint density at radius 2 is 1.89 bits per heavy atom. The minimum Gasteiger partial charge on any atom is -0.447 e. The van der Waals surface area contributed by atoms with Gasteiger partial charge in [-0.15, -0.1) is 0 Å². The first kappa shape index (κ1) is 24.8. The highest BCUT2D eigenvalue weighted by molar-refractivity contribution is 6.07. The van der Waals surface area contributed by atoms with Crippen LogP contribution in [-0.2, 0) is 9.47 Å². The SMILES string of the molecule is NN(CCOC(=O)Nc1ccc(C(=O)/C=C/c2cccc(N3CCOCC3)n2)cc1)c1ccccn1. The van der Waals surface area contributed by atoms with Crippen molar-refractivity contribution in [3.05, 3.63) is 84.2 Å². The van der Waals surface area contributed by atoms with Gasteiger partial charge in [0.15, 0.2) is 5.78 Å². The third-order valence-corrected chi connectivity index (χ3v) is 5.42. The van der Waals surface area contributed by atoms with Gasteiger partial charge in [0.25, 0.3) is 0 Å². The summed E-state index contributed by atoms with van der Waals surface area (Å²) in [5, 5.41) is 4.03. The van der Waals surface area contributed by atoms with Crippen LogP contribution < -0.4 is 21.1 Å². The van der Waals surface area contributed by atoms with Crippen molar-refractivity contribution in [1.82, 2.24) is 9.97 Å². The fourth-order valence-corrected chi connectivity index (χ4v) is 3.50. The molecule has 1 fully saturated rings. The van der Waals surface area contributed by atoms with Gasteiger partial charge in [-0.05, 0) is 60.7 Å². The number of morpholine rings is 1. The summed E-state index contributed by atoms with van der Waals surface area (Å²) in [6.07, 6.45) is 4.20. The van der Waals surface area contributed by atoms with Crippen molar-refractivity contribution in [3.8, 4) is 0 Å². The summed E-state index contributed by atoms with van der Waals surface area (Å²) in [5.41, 5.74) is 1.70. The zero-order valence-corrected chi connectivity index (χ0v) is 19.7.